The number of rotatable bonds is 5. The number of hydrogen-bond acceptors (Lipinski definition) is 7. The molecule has 0 aliphatic carbocycles. The van der Waals surface area contributed by atoms with Crippen molar-refractivity contribution in [2.75, 3.05) is 30.9 Å². The van der Waals surface area contributed by atoms with Crippen molar-refractivity contribution in [1.29, 1.82) is 0 Å². The maximum Gasteiger partial charge on any atom is 0.211 e. The molecule has 1 fully saturated rings. The zero-order chi connectivity index (χ0) is 23.2. The lowest BCUT2D eigenvalue weighted by Gasteiger charge is -2.39. The molecule has 1 atom stereocenters. The van der Waals surface area contributed by atoms with Crippen LogP contribution in [0.3, 0.4) is 0 Å². The summed E-state index contributed by atoms with van der Waals surface area (Å²) in [5.74, 6) is 0.116. The van der Waals surface area contributed by atoms with Crippen LogP contribution in [0.15, 0.2) is 30.9 Å². The van der Waals surface area contributed by atoms with E-state index in [9.17, 15) is 16.7 Å². The Balaban J connectivity index is 1.50. The molecule has 3 aromatic rings. The van der Waals surface area contributed by atoms with Crippen LogP contribution in [0.2, 0.25) is 0 Å². The molecule has 2 aliphatic rings. The summed E-state index contributed by atoms with van der Waals surface area (Å²) >= 11 is 0.0733. The van der Waals surface area contributed by atoms with Crippen molar-refractivity contribution >= 4 is 39.1 Å². The Morgan fingerprint density at radius 3 is 2.67 bits per heavy atom. The Hall–Kier alpha value is -2.31. The monoisotopic (exact) mass is 494 g/mol. The zero-order valence-corrected chi connectivity index (χ0v) is 19.7. The van der Waals surface area contributed by atoms with Crippen LogP contribution in [0.4, 0.5) is 14.0 Å². The second-order valence-electron chi connectivity index (χ2n) is 8.54. The van der Waals surface area contributed by atoms with Gasteiger partial charge in [-0.25, -0.2) is 36.0 Å². The molecule has 0 amide bonds. The second kappa shape index (κ2) is 8.80. The second-order valence-corrected chi connectivity index (χ2v) is 11.1. The molecule has 12 heteroatoms. The topological polar surface area (TPSA) is 84.2 Å². The Kier molecular flexibility index (Phi) is 6.00. The van der Waals surface area contributed by atoms with Gasteiger partial charge in [0.05, 0.1) is 23.7 Å². The summed E-state index contributed by atoms with van der Waals surface area (Å²) in [4.78, 5) is 15.3. The van der Waals surface area contributed by atoms with Crippen molar-refractivity contribution in [2.24, 2.45) is 0 Å². The Labute approximate surface area is 195 Å². The van der Waals surface area contributed by atoms with E-state index in [1.807, 2.05) is 11.0 Å². The quantitative estimate of drug-likeness (QED) is 0.538. The molecule has 176 valence electrons. The fraction of sp³-hybridized carbons (Fsp3) is 0.476. The summed E-state index contributed by atoms with van der Waals surface area (Å²) in [5, 5.41) is 0.754. The van der Waals surface area contributed by atoms with E-state index in [1.54, 1.807) is 18.5 Å². The fourth-order valence-corrected chi connectivity index (χ4v) is 6.18. The minimum absolute atomic E-state index is 0.0733. The smallest absolute Gasteiger partial charge is 0.211 e. The van der Waals surface area contributed by atoms with Crippen molar-refractivity contribution in [3.05, 3.63) is 47.8 Å². The van der Waals surface area contributed by atoms with E-state index >= 15 is 0 Å². The minimum Gasteiger partial charge on any atom is -0.360 e. The summed E-state index contributed by atoms with van der Waals surface area (Å²) < 4.78 is 54.0. The molecule has 0 N–H and O–H groups in total. The predicted octanol–water partition coefficient (Wildman–Crippen LogP) is 3.25. The number of piperidine rings is 1. The first-order valence-electron chi connectivity index (χ1n) is 10.8. The standard InChI is InChI=1S/C21H24F2N6O2S2/c1-33(30,31)27-7-3-14(4-8-27)20-17-12-28(15(11-22)10-18(17)25-13-26-20)19-2-6-24-21-16(19)5-9-29(21)32-23/h2,5-6,9,13-15H,3-4,7-8,10-12H2,1H3. The number of hydrogen-bond donors (Lipinski definition) is 0. The van der Waals surface area contributed by atoms with Crippen LogP contribution in [-0.2, 0) is 23.0 Å². The third-order valence-corrected chi connectivity index (χ3v) is 8.42. The Morgan fingerprint density at radius 2 is 1.97 bits per heavy atom. The SMILES string of the molecule is CS(=O)(=O)N1CCC(c2ncnc3c2CN(c2ccnc4c2ccn4SF)C(CF)C3)CC1. The number of aromatic nitrogens is 4. The summed E-state index contributed by atoms with van der Waals surface area (Å²) in [5.41, 5.74) is 4.01. The molecule has 0 saturated carbocycles. The van der Waals surface area contributed by atoms with Crippen LogP contribution in [0.25, 0.3) is 11.0 Å². The van der Waals surface area contributed by atoms with Crippen molar-refractivity contribution in [3.63, 3.8) is 0 Å². The van der Waals surface area contributed by atoms with Gasteiger partial charge in [0.2, 0.25) is 10.0 Å². The van der Waals surface area contributed by atoms with Gasteiger partial charge in [0, 0.05) is 61.0 Å². The average molecular weight is 495 g/mol. The van der Waals surface area contributed by atoms with E-state index in [4.69, 9.17) is 0 Å². The van der Waals surface area contributed by atoms with Gasteiger partial charge in [-0.2, -0.15) is 0 Å². The van der Waals surface area contributed by atoms with E-state index in [2.05, 4.69) is 15.0 Å². The third kappa shape index (κ3) is 4.08. The molecule has 0 aromatic carbocycles. The van der Waals surface area contributed by atoms with E-state index in [0.29, 0.717) is 44.5 Å². The molecule has 5 rings (SSSR count). The largest absolute Gasteiger partial charge is 0.360 e. The average Bonchev–Trinajstić information content (AvgIpc) is 3.26. The molecule has 0 bridgehead atoms. The lowest BCUT2D eigenvalue weighted by molar-refractivity contribution is 0.316. The van der Waals surface area contributed by atoms with Gasteiger partial charge >= 0.3 is 0 Å². The molecule has 33 heavy (non-hydrogen) atoms. The van der Waals surface area contributed by atoms with Gasteiger partial charge in [0.1, 0.15) is 13.0 Å². The molecular weight excluding hydrogens is 470 g/mol. The molecule has 0 radical (unpaired) electrons. The lowest BCUT2D eigenvalue weighted by Crippen LogP contribution is -2.43. The summed E-state index contributed by atoms with van der Waals surface area (Å²) in [6.45, 7) is 0.796. The minimum atomic E-state index is -3.21. The highest BCUT2D eigenvalue weighted by Crippen LogP contribution is 2.37. The van der Waals surface area contributed by atoms with Gasteiger partial charge in [-0.15, -0.1) is 3.89 Å². The van der Waals surface area contributed by atoms with Crippen LogP contribution in [0.1, 0.15) is 35.7 Å². The maximum absolute atomic E-state index is 14.2. The molecule has 3 aromatic heterocycles. The van der Waals surface area contributed by atoms with E-state index in [-0.39, 0.29) is 18.3 Å². The van der Waals surface area contributed by atoms with Crippen LogP contribution >= 0.6 is 12.3 Å². The predicted molar refractivity (Wildman–Crippen MR) is 124 cm³/mol. The van der Waals surface area contributed by atoms with Gasteiger partial charge in [0.15, 0.2) is 18.0 Å². The molecule has 1 unspecified atom stereocenters. The molecule has 1 saturated heterocycles. The highest BCUT2D eigenvalue weighted by Gasteiger charge is 2.34. The van der Waals surface area contributed by atoms with Crippen LogP contribution < -0.4 is 4.90 Å². The van der Waals surface area contributed by atoms with Crippen molar-refractivity contribution in [1.82, 2.24) is 23.2 Å². The summed E-state index contributed by atoms with van der Waals surface area (Å²) in [7, 11) is -3.21. The van der Waals surface area contributed by atoms with Crippen LogP contribution in [-0.4, -0.2) is 63.7 Å². The number of anilines is 1. The lowest BCUT2D eigenvalue weighted by atomic mass is 9.87. The molecular formula is C21H24F2N6O2S2. The van der Waals surface area contributed by atoms with E-state index in [1.165, 1.54) is 20.9 Å². The van der Waals surface area contributed by atoms with E-state index < -0.39 is 22.7 Å². The number of nitrogens with zero attached hydrogens (tertiary/aromatic N) is 6. The number of fused-ring (bicyclic) bond motifs is 2. The number of halogens is 2. The Morgan fingerprint density at radius 1 is 1.18 bits per heavy atom. The van der Waals surface area contributed by atoms with Crippen molar-refractivity contribution in [3.8, 4) is 0 Å². The van der Waals surface area contributed by atoms with Gasteiger partial charge in [0.25, 0.3) is 0 Å². The van der Waals surface area contributed by atoms with Crippen LogP contribution in [0.5, 0.6) is 0 Å². The molecule has 0 spiro atoms. The zero-order valence-electron chi connectivity index (χ0n) is 18.1. The van der Waals surface area contributed by atoms with Gasteiger partial charge in [-0.3, -0.25) is 0 Å². The number of sulfonamides is 1. The number of alkyl halides is 1. The molecule has 5 heterocycles. The normalized spacial score (nSPS) is 20.3. The van der Waals surface area contributed by atoms with Crippen LogP contribution in [0, 0.1) is 0 Å². The maximum atomic E-state index is 14.2. The first-order valence-corrected chi connectivity index (χ1v) is 13.3. The molecule has 8 nitrogen and oxygen atoms in total. The number of pyridine rings is 1. The van der Waals surface area contributed by atoms with Crippen molar-refractivity contribution < 1.29 is 16.7 Å². The molecule has 2 aliphatic heterocycles. The first-order chi connectivity index (χ1) is 15.9. The first kappa shape index (κ1) is 22.5. The van der Waals surface area contributed by atoms with Gasteiger partial charge in [-0.05, 0) is 25.0 Å². The third-order valence-electron chi connectivity index (χ3n) is 6.67. The van der Waals surface area contributed by atoms with Crippen molar-refractivity contribution in [2.45, 2.75) is 37.8 Å². The highest BCUT2D eigenvalue weighted by molar-refractivity contribution is 7.92. The van der Waals surface area contributed by atoms with Gasteiger partial charge < -0.3 is 4.90 Å². The Bertz CT molecular complexity index is 1280. The van der Waals surface area contributed by atoms with Gasteiger partial charge in [-0.1, -0.05) is 0 Å². The van der Waals surface area contributed by atoms with E-state index in [0.717, 1.165) is 28.0 Å². The highest BCUT2D eigenvalue weighted by atomic mass is 32.2. The summed E-state index contributed by atoms with van der Waals surface area (Å²) in [6.07, 6.45) is 7.78. The summed E-state index contributed by atoms with van der Waals surface area (Å²) in [6, 6.07) is 3.22. The fourth-order valence-electron chi connectivity index (χ4n) is 4.98.